The van der Waals surface area contributed by atoms with Gasteiger partial charge in [0.15, 0.2) is 0 Å². The molecule has 9 heavy (non-hydrogen) atoms. The Hall–Kier alpha value is -0.700. The van der Waals surface area contributed by atoms with Gasteiger partial charge in [0, 0.05) is 12.1 Å². The molecule has 0 aliphatic carbocycles. The van der Waals surface area contributed by atoms with E-state index in [9.17, 15) is 0 Å². The second kappa shape index (κ2) is 2.73. The van der Waals surface area contributed by atoms with E-state index in [0.717, 1.165) is 6.54 Å². The first-order valence-electron chi connectivity index (χ1n) is 2.67. The van der Waals surface area contributed by atoms with Crippen LogP contribution in [0.5, 0.6) is 0 Å². The minimum Gasteiger partial charge on any atom is -0.396 e. The molecule has 0 aliphatic rings. The van der Waals surface area contributed by atoms with Crippen molar-refractivity contribution in [3.8, 4) is 0 Å². The maximum absolute atomic E-state index is 5.44. The molecule has 4 heteroatoms. The number of aryl methyl sites for hydroxylation is 1. The van der Waals surface area contributed by atoms with E-state index in [0.29, 0.717) is 11.6 Å². The van der Waals surface area contributed by atoms with Crippen molar-refractivity contribution in [2.45, 2.75) is 6.54 Å². The van der Waals surface area contributed by atoms with Crippen LogP contribution in [0.3, 0.4) is 0 Å². The zero-order valence-corrected chi connectivity index (χ0v) is 5.67. The summed E-state index contributed by atoms with van der Waals surface area (Å²) in [5, 5.41) is 3.91. The largest absolute Gasteiger partial charge is 0.396 e. The normalized spacial score (nSPS) is 9.89. The molecule has 0 fully saturated rings. The predicted octanol–water partition coefficient (Wildman–Crippen LogP) is 0.704. The van der Waals surface area contributed by atoms with Crippen molar-refractivity contribution in [3.63, 3.8) is 0 Å². The topological polar surface area (TPSA) is 43.8 Å². The molecule has 3 nitrogen and oxygen atoms in total. The Labute approximate surface area is 58.4 Å². The number of halogens is 1. The third-order valence-corrected chi connectivity index (χ3v) is 1.14. The van der Waals surface area contributed by atoms with Crippen LogP contribution in [-0.4, -0.2) is 15.7 Å². The van der Waals surface area contributed by atoms with Gasteiger partial charge in [-0.1, -0.05) is 0 Å². The fourth-order valence-corrected chi connectivity index (χ4v) is 0.762. The maximum Gasteiger partial charge on any atom is 0.0719 e. The summed E-state index contributed by atoms with van der Waals surface area (Å²) >= 11 is 5.44. The summed E-state index contributed by atoms with van der Waals surface area (Å²) in [7, 11) is 0. The van der Waals surface area contributed by atoms with Crippen LogP contribution in [0.1, 0.15) is 0 Å². The molecule has 50 valence electrons. The van der Waals surface area contributed by atoms with E-state index in [2.05, 4.69) is 5.10 Å². The molecule has 1 aromatic rings. The van der Waals surface area contributed by atoms with E-state index in [4.69, 9.17) is 17.3 Å². The highest BCUT2D eigenvalue weighted by molar-refractivity contribution is 6.17. The number of nitrogen functional groups attached to an aromatic ring is 1. The van der Waals surface area contributed by atoms with Crippen LogP contribution in [0.2, 0.25) is 0 Å². The van der Waals surface area contributed by atoms with Crippen LogP contribution >= 0.6 is 11.6 Å². The molecule has 0 bridgehead atoms. The first kappa shape index (κ1) is 6.42. The molecular formula is C5H8ClN3. The van der Waals surface area contributed by atoms with Crippen molar-refractivity contribution in [2.24, 2.45) is 0 Å². The highest BCUT2D eigenvalue weighted by Gasteiger charge is 1.90. The lowest BCUT2D eigenvalue weighted by atomic mass is 10.6. The van der Waals surface area contributed by atoms with Gasteiger partial charge in [-0.2, -0.15) is 5.10 Å². The van der Waals surface area contributed by atoms with Gasteiger partial charge in [-0.15, -0.1) is 11.6 Å². The number of anilines is 1. The number of nitrogens with two attached hydrogens (primary N) is 1. The zero-order chi connectivity index (χ0) is 6.69. The summed E-state index contributed by atoms with van der Waals surface area (Å²) in [5.41, 5.74) is 6.06. The van der Waals surface area contributed by atoms with E-state index in [1.54, 1.807) is 17.1 Å². The van der Waals surface area contributed by atoms with Crippen molar-refractivity contribution in [1.29, 1.82) is 0 Å². The molecule has 0 aliphatic heterocycles. The molecule has 0 radical (unpaired) electrons. The first-order valence-corrected chi connectivity index (χ1v) is 3.20. The summed E-state index contributed by atoms with van der Waals surface area (Å²) in [4.78, 5) is 0. The Morgan fingerprint density at radius 2 is 2.56 bits per heavy atom. The number of nitrogens with zero attached hydrogens (tertiary/aromatic N) is 2. The molecule has 0 saturated heterocycles. The number of aromatic nitrogens is 2. The second-order valence-electron chi connectivity index (χ2n) is 1.73. The van der Waals surface area contributed by atoms with Gasteiger partial charge in [0.25, 0.3) is 0 Å². The van der Waals surface area contributed by atoms with Crippen molar-refractivity contribution < 1.29 is 0 Å². The molecule has 0 aromatic carbocycles. The molecule has 0 unspecified atom stereocenters. The van der Waals surface area contributed by atoms with Gasteiger partial charge in [-0.3, -0.25) is 4.68 Å². The van der Waals surface area contributed by atoms with E-state index >= 15 is 0 Å². The van der Waals surface area contributed by atoms with Crippen LogP contribution < -0.4 is 5.73 Å². The Bertz CT molecular complexity index is 184. The fraction of sp³-hybridized carbons (Fsp3) is 0.400. The Balaban J connectivity index is 2.61. The van der Waals surface area contributed by atoms with E-state index in [-0.39, 0.29) is 0 Å². The number of alkyl halides is 1. The average molecular weight is 146 g/mol. The Kier molecular flexibility index (Phi) is 1.95. The van der Waals surface area contributed by atoms with Crippen molar-refractivity contribution in [1.82, 2.24) is 9.78 Å². The van der Waals surface area contributed by atoms with E-state index < -0.39 is 0 Å². The SMILES string of the molecule is Nc1cnn(CCCl)c1. The Morgan fingerprint density at radius 1 is 1.78 bits per heavy atom. The van der Waals surface area contributed by atoms with Gasteiger partial charge in [0.2, 0.25) is 0 Å². The highest BCUT2D eigenvalue weighted by atomic mass is 35.5. The predicted molar refractivity (Wildman–Crippen MR) is 37.4 cm³/mol. The lowest BCUT2D eigenvalue weighted by Gasteiger charge is -1.92. The molecule has 0 spiro atoms. The maximum atomic E-state index is 5.44. The van der Waals surface area contributed by atoms with E-state index in [1.807, 2.05) is 0 Å². The standard InChI is InChI=1S/C5H8ClN3/c6-1-2-9-4-5(7)3-8-9/h3-4H,1-2,7H2. The third kappa shape index (κ3) is 1.61. The van der Waals surface area contributed by atoms with Crippen LogP contribution in [0.15, 0.2) is 12.4 Å². The monoisotopic (exact) mass is 145 g/mol. The number of hydrogen-bond acceptors (Lipinski definition) is 2. The second-order valence-corrected chi connectivity index (χ2v) is 2.10. The van der Waals surface area contributed by atoms with Crippen LogP contribution in [-0.2, 0) is 6.54 Å². The van der Waals surface area contributed by atoms with Crippen molar-refractivity contribution >= 4 is 17.3 Å². The van der Waals surface area contributed by atoms with Crippen LogP contribution in [0.4, 0.5) is 5.69 Å². The summed E-state index contributed by atoms with van der Waals surface area (Å²) < 4.78 is 1.71. The van der Waals surface area contributed by atoms with Crippen LogP contribution in [0, 0.1) is 0 Å². The molecule has 1 aromatic heterocycles. The number of hydrogen-bond donors (Lipinski definition) is 1. The average Bonchev–Trinajstić information content (AvgIpc) is 2.17. The van der Waals surface area contributed by atoms with E-state index in [1.165, 1.54) is 0 Å². The smallest absolute Gasteiger partial charge is 0.0719 e. The fourth-order valence-electron chi connectivity index (χ4n) is 0.588. The van der Waals surface area contributed by atoms with Crippen molar-refractivity contribution in [3.05, 3.63) is 12.4 Å². The molecule has 1 heterocycles. The highest BCUT2D eigenvalue weighted by Crippen LogP contribution is 1.97. The lowest BCUT2D eigenvalue weighted by molar-refractivity contribution is 0.664. The summed E-state index contributed by atoms with van der Waals surface area (Å²) in [6.07, 6.45) is 3.36. The molecular weight excluding hydrogens is 138 g/mol. The van der Waals surface area contributed by atoms with Gasteiger partial charge < -0.3 is 5.73 Å². The first-order chi connectivity index (χ1) is 4.33. The molecule has 0 atom stereocenters. The minimum atomic E-state index is 0.571. The minimum absolute atomic E-state index is 0.571. The lowest BCUT2D eigenvalue weighted by Crippen LogP contribution is -1.98. The van der Waals surface area contributed by atoms with Gasteiger partial charge >= 0.3 is 0 Å². The summed E-state index contributed by atoms with van der Waals surface area (Å²) in [6, 6.07) is 0. The summed E-state index contributed by atoms with van der Waals surface area (Å²) in [5.74, 6) is 0.571. The zero-order valence-electron chi connectivity index (χ0n) is 4.92. The molecule has 0 saturated carbocycles. The number of rotatable bonds is 2. The molecule has 0 amide bonds. The van der Waals surface area contributed by atoms with Gasteiger partial charge in [-0.25, -0.2) is 0 Å². The quantitative estimate of drug-likeness (QED) is 0.623. The van der Waals surface area contributed by atoms with Crippen LogP contribution in [0.25, 0.3) is 0 Å². The Morgan fingerprint density at radius 3 is 3.00 bits per heavy atom. The molecule has 2 N–H and O–H groups in total. The summed E-state index contributed by atoms with van der Waals surface area (Å²) in [6.45, 7) is 0.721. The third-order valence-electron chi connectivity index (χ3n) is 0.967. The van der Waals surface area contributed by atoms with Gasteiger partial charge in [-0.05, 0) is 0 Å². The van der Waals surface area contributed by atoms with Gasteiger partial charge in [0.1, 0.15) is 0 Å². The van der Waals surface area contributed by atoms with Gasteiger partial charge in [0.05, 0.1) is 18.4 Å². The molecule has 1 rings (SSSR count). The van der Waals surface area contributed by atoms with Crippen molar-refractivity contribution in [2.75, 3.05) is 11.6 Å².